The van der Waals surface area contributed by atoms with E-state index in [9.17, 15) is 4.79 Å². The summed E-state index contributed by atoms with van der Waals surface area (Å²) in [5, 5.41) is 11.2. The standard InChI is InChI=1S/C21H21ClN4OS2/c1-3-10-28-21-24-23-20-25(14-7-5-13(22)6-8-14)18(27)17-15-11-12(2)4-9-16(15)29-19(17)26(20)21/h5-8,12H,3-4,9-11H2,1-2H3/t12-/m0/s1. The van der Waals surface area contributed by atoms with E-state index in [1.165, 1.54) is 16.9 Å². The predicted molar refractivity (Wildman–Crippen MR) is 121 cm³/mol. The number of fused-ring (bicyclic) bond motifs is 5. The van der Waals surface area contributed by atoms with E-state index in [1.54, 1.807) is 39.8 Å². The van der Waals surface area contributed by atoms with Gasteiger partial charge in [0.1, 0.15) is 4.83 Å². The number of hydrogen-bond donors (Lipinski definition) is 0. The summed E-state index contributed by atoms with van der Waals surface area (Å²) in [6.45, 7) is 4.42. The molecule has 0 spiro atoms. The van der Waals surface area contributed by atoms with Crippen LogP contribution >= 0.6 is 34.7 Å². The van der Waals surface area contributed by atoms with Gasteiger partial charge in [-0.05, 0) is 61.4 Å². The van der Waals surface area contributed by atoms with Crippen LogP contribution in [0.4, 0.5) is 0 Å². The zero-order valence-electron chi connectivity index (χ0n) is 16.3. The molecular formula is C21H21ClN4OS2. The Morgan fingerprint density at radius 2 is 2.07 bits per heavy atom. The molecule has 0 saturated heterocycles. The van der Waals surface area contributed by atoms with Crippen LogP contribution in [0.3, 0.4) is 0 Å². The lowest BCUT2D eigenvalue weighted by molar-refractivity contribution is 0.508. The Bertz CT molecular complexity index is 1270. The van der Waals surface area contributed by atoms with Gasteiger partial charge in [-0.25, -0.2) is 8.97 Å². The lowest BCUT2D eigenvalue weighted by atomic mass is 9.89. The number of aromatic nitrogens is 4. The molecule has 150 valence electrons. The van der Waals surface area contributed by atoms with E-state index in [-0.39, 0.29) is 5.56 Å². The Balaban J connectivity index is 1.89. The van der Waals surface area contributed by atoms with Gasteiger partial charge in [-0.1, -0.05) is 37.2 Å². The van der Waals surface area contributed by atoms with Crippen molar-refractivity contribution in [2.24, 2.45) is 5.92 Å². The van der Waals surface area contributed by atoms with Crippen LogP contribution in [0.2, 0.25) is 5.02 Å². The molecule has 0 amide bonds. The van der Waals surface area contributed by atoms with Gasteiger partial charge in [0.05, 0.1) is 11.1 Å². The minimum absolute atomic E-state index is 0.0131. The minimum Gasteiger partial charge on any atom is -0.268 e. The van der Waals surface area contributed by atoms with Crippen molar-refractivity contribution in [2.45, 2.75) is 44.7 Å². The Morgan fingerprint density at radius 3 is 2.83 bits per heavy atom. The largest absolute Gasteiger partial charge is 0.268 e. The fraction of sp³-hybridized carbons (Fsp3) is 0.381. The number of thiophene rings is 1. The Morgan fingerprint density at radius 1 is 1.28 bits per heavy atom. The highest BCUT2D eigenvalue weighted by atomic mass is 35.5. The van der Waals surface area contributed by atoms with Gasteiger partial charge in [-0.3, -0.25) is 4.79 Å². The van der Waals surface area contributed by atoms with Crippen molar-refractivity contribution in [3.63, 3.8) is 0 Å². The molecule has 5 rings (SSSR count). The molecule has 1 aliphatic rings. The second-order valence-corrected chi connectivity index (χ2v) is 10.2. The average molecular weight is 445 g/mol. The van der Waals surface area contributed by atoms with Crippen molar-refractivity contribution in [1.82, 2.24) is 19.2 Å². The number of benzene rings is 1. The number of hydrogen-bond acceptors (Lipinski definition) is 5. The Labute approximate surface area is 181 Å². The van der Waals surface area contributed by atoms with Crippen molar-refractivity contribution >= 4 is 50.7 Å². The molecule has 0 bridgehead atoms. The summed E-state index contributed by atoms with van der Waals surface area (Å²) in [7, 11) is 0. The highest BCUT2D eigenvalue weighted by molar-refractivity contribution is 7.99. The molecule has 29 heavy (non-hydrogen) atoms. The fourth-order valence-electron chi connectivity index (χ4n) is 4.02. The smallest absolute Gasteiger partial charge is 0.268 e. The first-order chi connectivity index (χ1) is 14.1. The van der Waals surface area contributed by atoms with Crippen molar-refractivity contribution in [2.75, 3.05) is 5.75 Å². The van der Waals surface area contributed by atoms with Crippen LogP contribution in [-0.2, 0) is 12.8 Å². The molecule has 0 aliphatic heterocycles. The maximum Gasteiger partial charge on any atom is 0.268 e. The van der Waals surface area contributed by atoms with E-state index in [1.807, 2.05) is 12.1 Å². The SMILES string of the molecule is CCCSc1nnc2n(-c3ccc(Cl)cc3)c(=O)c3c4c(sc3n12)CC[C@H](C)C4. The number of aryl methyl sites for hydroxylation is 1. The van der Waals surface area contributed by atoms with Crippen molar-refractivity contribution in [1.29, 1.82) is 0 Å². The summed E-state index contributed by atoms with van der Waals surface area (Å²) in [6.07, 6.45) is 4.22. The summed E-state index contributed by atoms with van der Waals surface area (Å²) >= 11 is 9.51. The third kappa shape index (κ3) is 3.10. The summed E-state index contributed by atoms with van der Waals surface area (Å²) < 4.78 is 3.77. The molecule has 1 aliphatic carbocycles. The van der Waals surface area contributed by atoms with Crippen LogP contribution < -0.4 is 5.56 Å². The molecule has 1 atom stereocenters. The number of halogens is 1. The Kier molecular flexibility index (Phi) is 4.92. The quantitative estimate of drug-likeness (QED) is 0.397. The normalized spacial score (nSPS) is 16.6. The topological polar surface area (TPSA) is 52.2 Å². The lowest BCUT2D eigenvalue weighted by Gasteiger charge is -2.18. The Hall–Kier alpha value is -1.83. The maximum atomic E-state index is 13.7. The second kappa shape index (κ2) is 7.45. The summed E-state index contributed by atoms with van der Waals surface area (Å²) in [4.78, 5) is 16.1. The van der Waals surface area contributed by atoms with Crippen molar-refractivity contribution < 1.29 is 0 Å². The van der Waals surface area contributed by atoms with Gasteiger partial charge in [0.25, 0.3) is 5.56 Å². The predicted octanol–water partition coefficient (Wildman–Crippen LogP) is 5.38. The molecule has 0 N–H and O–H groups in total. The van der Waals surface area contributed by atoms with Crippen LogP contribution in [0.15, 0.2) is 34.2 Å². The summed E-state index contributed by atoms with van der Waals surface area (Å²) in [5.74, 6) is 2.12. The molecule has 0 fully saturated rings. The zero-order chi connectivity index (χ0) is 20.1. The zero-order valence-corrected chi connectivity index (χ0v) is 18.7. The van der Waals surface area contributed by atoms with E-state index in [4.69, 9.17) is 11.6 Å². The summed E-state index contributed by atoms with van der Waals surface area (Å²) in [5.41, 5.74) is 1.97. The van der Waals surface area contributed by atoms with E-state index < -0.39 is 0 Å². The first kappa shape index (κ1) is 19.2. The fourth-order valence-corrected chi connectivity index (χ4v) is 6.32. The molecule has 5 nitrogen and oxygen atoms in total. The van der Waals surface area contributed by atoms with E-state index in [2.05, 4.69) is 28.4 Å². The third-order valence-corrected chi connectivity index (χ3v) is 8.11. The van der Waals surface area contributed by atoms with Gasteiger partial charge in [0.2, 0.25) is 5.78 Å². The molecule has 3 aromatic heterocycles. The first-order valence-corrected chi connectivity index (χ1v) is 12.1. The van der Waals surface area contributed by atoms with Crippen LogP contribution in [0.25, 0.3) is 21.7 Å². The van der Waals surface area contributed by atoms with Crippen molar-refractivity contribution in [3.8, 4) is 5.69 Å². The monoisotopic (exact) mass is 444 g/mol. The summed E-state index contributed by atoms with van der Waals surface area (Å²) in [6, 6.07) is 7.34. The number of thioether (sulfide) groups is 1. The average Bonchev–Trinajstić information content (AvgIpc) is 3.29. The molecular weight excluding hydrogens is 424 g/mol. The van der Waals surface area contributed by atoms with Gasteiger partial charge in [-0.2, -0.15) is 0 Å². The van der Waals surface area contributed by atoms with E-state index >= 15 is 0 Å². The van der Waals surface area contributed by atoms with Gasteiger partial charge < -0.3 is 0 Å². The molecule has 0 unspecified atom stereocenters. The highest BCUT2D eigenvalue weighted by Crippen LogP contribution is 2.38. The van der Waals surface area contributed by atoms with Gasteiger partial charge in [-0.15, -0.1) is 21.5 Å². The molecule has 0 radical (unpaired) electrons. The van der Waals surface area contributed by atoms with E-state index in [0.29, 0.717) is 16.7 Å². The van der Waals surface area contributed by atoms with Crippen molar-refractivity contribution in [3.05, 3.63) is 50.1 Å². The van der Waals surface area contributed by atoms with E-state index in [0.717, 1.165) is 46.1 Å². The van der Waals surface area contributed by atoms with Crippen LogP contribution in [0.1, 0.15) is 37.1 Å². The molecule has 1 aromatic carbocycles. The molecule has 0 saturated carbocycles. The van der Waals surface area contributed by atoms with Crippen LogP contribution in [0.5, 0.6) is 0 Å². The molecule has 4 aromatic rings. The molecule has 3 heterocycles. The van der Waals surface area contributed by atoms with Crippen LogP contribution in [0, 0.1) is 5.92 Å². The van der Waals surface area contributed by atoms with Gasteiger partial charge in [0.15, 0.2) is 5.16 Å². The lowest BCUT2D eigenvalue weighted by Crippen LogP contribution is -2.22. The van der Waals surface area contributed by atoms with Gasteiger partial charge in [0, 0.05) is 15.7 Å². The van der Waals surface area contributed by atoms with Gasteiger partial charge >= 0.3 is 0 Å². The number of nitrogens with zero attached hydrogens (tertiary/aromatic N) is 4. The first-order valence-electron chi connectivity index (χ1n) is 9.91. The number of rotatable bonds is 4. The third-order valence-electron chi connectivity index (χ3n) is 5.45. The minimum atomic E-state index is -0.0131. The molecule has 8 heteroatoms. The van der Waals surface area contributed by atoms with Crippen LogP contribution in [-0.4, -0.2) is 24.9 Å². The highest BCUT2D eigenvalue weighted by Gasteiger charge is 2.27. The second-order valence-electron chi connectivity index (χ2n) is 7.62. The maximum absolute atomic E-state index is 13.7.